The lowest BCUT2D eigenvalue weighted by molar-refractivity contribution is -0.132. The Labute approximate surface area is 176 Å². The van der Waals surface area contributed by atoms with Gasteiger partial charge in [-0.3, -0.25) is 9.59 Å². The van der Waals surface area contributed by atoms with E-state index in [1.807, 2.05) is 66.4 Å². The number of benzene rings is 2. The van der Waals surface area contributed by atoms with Crippen molar-refractivity contribution in [3.8, 4) is 5.75 Å². The first kappa shape index (κ1) is 20.0. The van der Waals surface area contributed by atoms with E-state index in [2.05, 4.69) is 10.3 Å². The molecule has 2 heterocycles. The number of nitrogens with zero attached hydrogens (tertiary/aromatic N) is 1. The highest BCUT2D eigenvalue weighted by molar-refractivity contribution is 5.98. The highest BCUT2D eigenvalue weighted by atomic mass is 16.5. The van der Waals surface area contributed by atoms with Crippen molar-refractivity contribution in [2.75, 3.05) is 20.2 Å². The van der Waals surface area contributed by atoms with Gasteiger partial charge in [-0.05, 0) is 36.6 Å². The number of H-pyrrole nitrogens is 1. The maximum atomic E-state index is 13.0. The van der Waals surface area contributed by atoms with Gasteiger partial charge in [-0.2, -0.15) is 0 Å². The molecule has 1 saturated heterocycles. The van der Waals surface area contributed by atoms with E-state index in [0.717, 1.165) is 22.2 Å². The topological polar surface area (TPSA) is 74.4 Å². The average Bonchev–Trinajstić information content (AvgIpc) is 3.21. The molecular formula is C24H27N3O3. The number of ether oxygens (including phenoxy) is 1. The number of methoxy groups -OCH3 is 1. The Balaban J connectivity index is 1.37. The van der Waals surface area contributed by atoms with E-state index in [1.54, 1.807) is 7.11 Å². The number of carbonyl (C=O) groups excluding carboxylic acids is 2. The molecule has 0 aliphatic carbocycles. The molecule has 2 N–H and O–H groups in total. The number of likely N-dealkylation sites (tertiary alicyclic amines) is 1. The first-order valence-corrected chi connectivity index (χ1v) is 10.3. The van der Waals surface area contributed by atoms with Gasteiger partial charge in [-0.1, -0.05) is 37.3 Å². The Morgan fingerprint density at radius 3 is 2.53 bits per heavy atom. The predicted molar refractivity (Wildman–Crippen MR) is 116 cm³/mol. The van der Waals surface area contributed by atoms with E-state index in [-0.39, 0.29) is 11.8 Å². The van der Waals surface area contributed by atoms with Crippen LogP contribution in [0.2, 0.25) is 0 Å². The van der Waals surface area contributed by atoms with Crippen molar-refractivity contribution in [1.29, 1.82) is 0 Å². The third-order valence-electron chi connectivity index (χ3n) is 6.06. The van der Waals surface area contributed by atoms with Gasteiger partial charge < -0.3 is 19.9 Å². The summed E-state index contributed by atoms with van der Waals surface area (Å²) in [6.07, 6.45) is 1.29. The SMILES string of the molecule is COc1ccc2cc(C(=O)N3CCC(C)(C(=O)NCc4ccccc4)CC3)[nH]c2c1. The van der Waals surface area contributed by atoms with Gasteiger partial charge in [0, 0.05) is 42.0 Å². The molecule has 0 atom stereocenters. The summed E-state index contributed by atoms with van der Waals surface area (Å²) in [5.74, 6) is 0.770. The molecule has 1 aliphatic heterocycles. The molecule has 156 valence electrons. The molecule has 6 nitrogen and oxygen atoms in total. The van der Waals surface area contributed by atoms with Crippen LogP contribution in [-0.2, 0) is 11.3 Å². The molecule has 1 fully saturated rings. The van der Waals surface area contributed by atoms with E-state index in [9.17, 15) is 9.59 Å². The summed E-state index contributed by atoms with van der Waals surface area (Å²) >= 11 is 0. The standard InChI is InChI=1S/C24H27N3O3/c1-24(23(29)25-16-17-6-4-3-5-7-17)10-12-27(13-11-24)22(28)21-14-18-8-9-19(30-2)15-20(18)26-21/h3-9,14-15,26H,10-13,16H2,1-2H3,(H,25,29). The van der Waals surface area contributed by atoms with Crippen molar-refractivity contribution in [3.63, 3.8) is 0 Å². The molecule has 1 aliphatic rings. The van der Waals surface area contributed by atoms with E-state index in [0.29, 0.717) is 38.2 Å². The Hall–Kier alpha value is -3.28. The highest BCUT2D eigenvalue weighted by Crippen LogP contribution is 2.32. The minimum atomic E-state index is -0.459. The maximum Gasteiger partial charge on any atom is 0.270 e. The molecular weight excluding hydrogens is 378 g/mol. The van der Waals surface area contributed by atoms with Crippen LogP contribution in [0.25, 0.3) is 10.9 Å². The second-order valence-corrected chi connectivity index (χ2v) is 8.16. The number of hydrogen-bond acceptors (Lipinski definition) is 3. The quantitative estimate of drug-likeness (QED) is 0.679. The summed E-state index contributed by atoms with van der Waals surface area (Å²) in [5, 5.41) is 4.03. The molecule has 0 saturated carbocycles. The number of carbonyl (C=O) groups is 2. The minimum absolute atomic E-state index is 0.0306. The largest absolute Gasteiger partial charge is 0.497 e. The third-order valence-corrected chi connectivity index (χ3v) is 6.06. The number of piperidine rings is 1. The fourth-order valence-electron chi connectivity index (χ4n) is 3.94. The number of aromatic nitrogens is 1. The predicted octanol–water partition coefficient (Wildman–Crippen LogP) is 3.74. The number of fused-ring (bicyclic) bond motifs is 1. The number of amides is 2. The summed E-state index contributed by atoms with van der Waals surface area (Å²) < 4.78 is 5.25. The van der Waals surface area contributed by atoms with Crippen molar-refractivity contribution in [3.05, 3.63) is 65.9 Å². The molecule has 0 spiro atoms. The molecule has 30 heavy (non-hydrogen) atoms. The van der Waals surface area contributed by atoms with Crippen molar-refractivity contribution < 1.29 is 14.3 Å². The maximum absolute atomic E-state index is 13.0. The van der Waals surface area contributed by atoms with Gasteiger partial charge in [0.05, 0.1) is 7.11 Å². The molecule has 3 aromatic rings. The van der Waals surface area contributed by atoms with E-state index in [1.165, 1.54) is 0 Å². The average molecular weight is 405 g/mol. The smallest absolute Gasteiger partial charge is 0.270 e. The van der Waals surface area contributed by atoms with Gasteiger partial charge in [0.15, 0.2) is 0 Å². The monoisotopic (exact) mass is 405 g/mol. The van der Waals surface area contributed by atoms with E-state index in [4.69, 9.17) is 4.74 Å². The fourth-order valence-corrected chi connectivity index (χ4v) is 3.94. The van der Waals surface area contributed by atoms with Gasteiger partial charge in [-0.15, -0.1) is 0 Å². The van der Waals surface area contributed by atoms with Gasteiger partial charge >= 0.3 is 0 Å². The second kappa shape index (κ2) is 8.22. The lowest BCUT2D eigenvalue weighted by Crippen LogP contribution is -2.48. The first-order valence-electron chi connectivity index (χ1n) is 10.3. The van der Waals surface area contributed by atoms with Crippen molar-refractivity contribution in [1.82, 2.24) is 15.2 Å². The molecule has 2 aromatic carbocycles. The van der Waals surface area contributed by atoms with Crippen LogP contribution in [0.3, 0.4) is 0 Å². The van der Waals surface area contributed by atoms with Crippen molar-refractivity contribution in [2.24, 2.45) is 5.41 Å². The zero-order valence-corrected chi connectivity index (χ0v) is 17.4. The Kier molecular flexibility index (Phi) is 5.48. The van der Waals surface area contributed by atoms with Crippen LogP contribution in [0.15, 0.2) is 54.6 Å². The summed E-state index contributed by atoms with van der Waals surface area (Å²) in [6.45, 7) is 3.64. The third kappa shape index (κ3) is 4.03. The lowest BCUT2D eigenvalue weighted by atomic mass is 9.79. The summed E-state index contributed by atoms with van der Waals surface area (Å²) in [4.78, 5) is 30.8. The Morgan fingerprint density at radius 2 is 1.83 bits per heavy atom. The Morgan fingerprint density at radius 1 is 1.10 bits per heavy atom. The van der Waals surface area contributed by atoms with Gasteiger partial charge in [0.1, 0.15) is 11.4 Å². The summed E-state index contributed by atoms with van der Waals surface area (Å²) in [6, 6.07) is 17.5. The van der Waals surface area contributed by atoms with Crippen LogP contribution in [0, 0.1) is 5.41 Å². The molecule has 0 unspecified atom stereocenters. The van der Waals surface area contributed by atoms with Gasteiger partial charge in [0.25, 0.3) is 5.91 Å². The van der Waals surface area contributed by atoms with Crippen LogP contribution in [0.1, 0.15) is 35.8 Å². The molecule has 6 heteroatoms. The van der Waals surface area contributed by atoms with Gasteiger partial charge in [-0.25, -0.2) is 0 Å². The zero-order chi connectivity index (χ0) is 21.1. The lowest BCUT2D eigenvalue weighted by Gasteiger charge is -2.38. The van der Waals surface area contributed by atoms with E-state index < -0.39 is 5.41 Å². The number of aromatic amines is 1. The van der Waals surface area contributed by atoms with E-state index >= 15 is 0 Å². The van der Waals surface area contributed by atoms with Crippen molar-refractivity contribution >= 4 is 22.7 Å². The summed E-state index contributed by atoms with van der Waals surface area (Å²) in [7, 11) is 1.62. The molecule has 0 radical (unpaired) electrons. The second-order valence-electron chi connectivity index (χ2n) is 8.16. The zero-order valence-electron chi connectivity index (χ0n) is 17.4. The molecule has 0 bridgehead atoms. The van der Waals surface area contributed by atoms with Crippen molar-refractivity contribution in [2.45, 2.75) is 26.3 Å². The first-order chi connectivity index (χ1) is 14.5. The number of nitrogens with one attached hydrogen (secondary N) is 2. The summed E-state index contributed by atoms with van der Waals surface area (Å²) in [5.41, 5.74) is 2.06. The van der Waals surface area contributed by atoms with Crippen LogP contribution >= 0.6 is 0 Å². The fraction of sp³-hybridized carbons (Fsp3) is 0.333. The number of rotatable bonds is 5. The molecule has 2 amide bonds. The van der Waals surface area contributed by atoms with Gasteiger partial charge in [0.2, 0.25) is 5.91 Å². The highest BCUT2D eigenvalue weighted by Gasteiger charge is 2.38. The minimum Gasteiger partial charge on any atom is -0.497 e. The Bertz CT molecular complexity index is 1050. The molecule has 1 aromatic heterocycles. The van der Waals surface area contributed by atoms with Crippen LogP contribution in [-0.4, -0.2) is 41.9 Å². The van der Waals surface area contributed by atoms with Crippen LogP contribution in [0.5, 0.6) is 5.75 Å². The van der Waals surface area contributed by atoms with Crippen LogP contribution < -0.4 is 10.1 Å². The van der Waals surface area contributed by atoms with Crippen LogP contribution in [0.4, 0.5) is 0 Å². The number of hydrogen-bond donors (Lipinski definition) is 2. The normalized spacial score (nSPS) is 15.7. The molecule has 4 rings (SSSR count).